The molecule has 0 aromatic carbocycles. The molecule has 1 N–H and O–H groups in total. The summed E-state index contributed by atoms with van der Waals surface area (Å²) in [6.07, 6.45) is 5.58. The van der Waals surface area contributed by atoms with Crippen molar-refractivity contribution >= 4 is 5.91 Å². The maximum atomic E-state index is 12.7. The van der Waals surface area contributed by atoms with E-state index in [1.807, 2.05) is 4.90 Å². The van der Waals surface area contributed by atoms with Crippen molar-refractivity contribution < 1.29 is 9.53 Å². The van der Waals surface area contributed by atoms with Crippen LogP contribution < -0.4 is 5.32 Å². The molecule has 1 amide bonds. The summed E-state index contributed by atoms with van der Waals surface area (Å²) in [5.74, 6) is 0.324. The summed E-state index contributed by atoms with van der Waals surface area (Å²) in [7, 11) is 0. The van der Waals surface area contributed by atoms with Crippen LogP contribution in [0.25, 0.3) is 0 Å². The number of nitrogens with zero attached hydrogens (tertiary/aromatic N) is 1. The van der Waals surface area contributed by atoms with Gasteiger partial charge in [0.25, 0.3) is 0 Å². The molecular formula is C15H28N2O2. The minimum Gasteiger partial charge on any atom is -0.376 e. The average molecular weight is 268 g/mol. The van der Waals surface area contributed by atoms with Gasteiger partial charge in [-0.25, -0.2) is 0 Å². The van der Waals surface area contributed by atoms with Gasteiger partial charge in [0, 0.05) is 26.2 Å². The molecule has 2 unspecified atom stereocenters. The molecule has 2 heterocycles. The van der Waals surface area contributed by atoms with E-state index in [0.717, 1.165) is 64.9 Å². The lowest BCUT2D eigenvalue weighted by molar-refractivity contribution is -0.146. The Balaban J connectivity index is 1.90. The zero-order valence-corrected chi connectivity index (χ0v) is 12.4. The molecule has 0 aromatic heterocycles. The van der Waals surface area contributed by atoms with Gasteiger partial charge in [0.1, 0.15) is 0 Å². The lowest BCUT2D eigenvalue weighted by atomic mass is 9.81. The van der Waals surface area contributed by atoms with E-state index in [1.54, 1.807) is 0 Å². The van der Waals surface area contributed by atoms with Crippen LogP contribution in [0.2, 0.25) is 0 Å². The molecule has 4 nitrogen and oxygen atoms in total. The first-order chi connectivity index (χ1) is 9.15. The Hall–Kier alpha value is -0.610. The van der Waals surface area contributed by atoms with E-state index in [1.165, 1.54) is 0 Å². The summed E-state index contributed by atoms with van der Waals surface area (Å²) in [5, 5.41) is 3.36. The van der Waals surface area contributed by atoms with Crippen LogP contribution in [-0.2, 0) is 9.53 Å². The topological polar surface area (TPSA) is 41.6 Å². The third kappa shape index (κ3) is 3.69. The Kier molecular flexibility index (Phi) is 5.22. The molecule has 2 rings (SSSR count). The predicted molar refractivity (Wildman–Crippen MR) is 76.1 cm³/mol. The molecule has 4 heteroatoms. The fourth-order valence-corrected chi connectivity index (χ4v) is 3.16. The molecule has 0 saturated carbocycles. The second-order valence-corrected chi connectivity index (χ2v) is 6.23. The predicted octanol–water partition coefficient (Wildman–Crippen LogP) is 1.79. The van der Waals surface area contributed by atoms with Crippen LogP contribution in [0.1, 0.15) is 46.0 Å². The fraction of sp³-hybridized carbons (Fsp3) is 0.933. The molecule has 2 atom stereocenters. The highest BCUT2D eigenvalue weighted by Crippen LogP contribution is 2.29. The zero-order valence-electron chi connectivity index (χ0n) is 12.4. The maximum Gasteiger partial charge on any atom is 0.229 e. The highest BCUT2D eigenvalue weighted by molar-refractivity contribution is 5.82. The van der Waals surface area contributed by atoms with E-state index >= 15 is 0 Å². The Bertz CT molecular complexity index is 301. The van der Waals surface area contributed by atoms with Gasteiger partial charge in [-0.3, -0.25) is 4.79 Å². The summed E-state index contributed by atoms with van der Waals surface area (Å²) in [4.78, 5) is 14.8. The number of nitrogens with one attached hydrogen (secondary N) is 1. The Morgan fingerprint density at radius 2 is 2.32 bits per heavy atom. The van der Waals surface area contributed by atoms with Gasteiger partial charge in [-0.05, 0) is 45.6 Å². The number of ether oxygens (including phenoxy) is 1. The first-order valence-electron chi connectivity index (χ1n) is 7.77. The van der Waals surface area contributed by atoms with E-state index in [-0.39, 0.29) is 11.5 Å². The molecule has 2 aliphatic heterocycles. The van der Waals surface area contributed by atoms with E-state index in [4.69, 9.17) is 4.74 Å². The van der Waals surface area contributed by atoms with E-state index in [0.29, 0.717) is 5.91 Å². The summed E-state index contributed by atoms with van der Waals surface area (Å²) in [6, 6.07) is 0. The van der Waals surface area contributed by atoms with Crippen molar-refractivity contribution in [2.24, 2.45) is 5.41 Å². The van der Waals surface area contributed by atoms with Crippen LogP contribution in [0, 0.1) is 5.41 Å². The highest BCUT2D eigenvalue weighted by Gasteiger charge is 2.39. The SMILES string of the molecule is CCCOC1CCCN(C(=O)C2(C)CCCNC2)C1. The van der Waals surface area contributed by atoms with Crippen LogP contribution >= 0.6 is 0 Å². The molecule has 2 saturated heterocycles. The van der Waals surface area contributed by atoms with E-state index in [2.05, 4.69) is 19.2 Å². The monoisotopic (exact) mass is 268 g/mol. The largest absolute Gasteiger partial charge is 0.376 e. The van der Waals surface area contributed by atoms with Crippen LogP contribution in [0.4, 0.5) is 0 Å². The van der Waals surface area contributed by atoms with Crippen molar-refractivity contribution in [3.8, 4) is 0 Å². The summed E-state index contributed by atoms with van der Waals surface area (Å²) >= 11 is 0. The summed E-state index contributed by atoms with van der Waals surface area (Å²) in [6.45, 7) is 8.60. The van der Waals surface area contributed by atoms with Crippen molar-refractivity contribution in [2.45, 2.75) is 52.1 Å². The van der Waals surface area contributed by atoms with Gasteiger partial charge in [0.05, 0.1) is 11.5 Å². The minimum atomic E-state index is -0.203. The highest BCUT2D eigenvalue weighted by atomic mass is 16.5. The first-order valence-corrected chi connectivity index (χ1v) is 7.77. The molecule has 110 valence electrons. The zero-order chi connectivity index (χ0) is 13.7. The normalized spacial score (nSPS) is 32.3. The number of hydrogen-bond acceptors (Lipinski definition) is 3. The van der Waals surface area contributed by atoms with Crippen LogP contribution in [0.5, 0.6) is 0 Å². The van der Waals surface area contributed by atoms with Crippen molar-refractivity contribution in [3.05, 3.63) is 0 Å². The van der Waals surface area contributed by atoms with Crippen molar-refractivity contribution in [1.29, 1.82) is 0 Å². The molecule has 0 aliphatic carbocycles. The average Bonchev–Trinajstić information content (AvgIpc) is 2.45. The minimum absolute atomic E-state index is 0.203. The Morgan fingerprint density at radius 1 is 1.47 bits per heavy atom. The molecule has 2 fully saturated rings. The number of carbonyl (C=O) groups is 1. The number of carbonyl (C=O) groups excluding carboxylic acids is 1. The van der Waals surface area contributed by atoms with Gasteiger partial charge < -0.3 is 15.0 Å². The van der Waals surface area contributed by atoms with Crippen LogP contribution in [0.15, 0.2) is 0 Å². The molecule has 0 bridgehead atoms. The van der Waals surface area contributed by atoms with Gasteiger partial charge in [-0.2, -0.15) is 0 Å². The standard InChI is InChI=1S/C15H28N2O2/c1-3-10-19-13-6-4-9-17(11-13)14(18)15(2)7-5-8-16-12-15/h13,16H,3-12H2,1-2H3. The van der Waals surface area contributed by atoms with Gasteiger partial charge in [0.2, 0.25) is 5.91 Å². The number of likely N-dealkylation sites (tertiary alicyclic amines) is 1. The Morgan fingerprint density at radius 3 is 3.00 bits per heavy atom. The third-order valence-electron chi connectivity index (χ3n) is 4.34. The number of hydrogen-bond donors (Lipinski definition) is 1. The third-order valence-corrected chi connectivity index (χ3v) is 4.34. The fourth-order valence-electron chi connectivity index (χ4n) is 3.16. The Labute approximate surface area is 116 Å². The number of piperidine rings is 2. The van der Waals surface area contributed by atoms with Crippen molar-refractivity contribution in [2.75, 3.05) is 32.8 Å². The second kappa shape index (κ2) is 6.71. The van der Waals surface area contributed by atoms with Gasteiger partial charge >= 0.3 is 0 Å². The van der Waals surface area contributed by atoms with Gasteiger partial charge in [0.15, 0.2) is 0 Å². The molecule has 0 spiro atoms. The second-order valence-electron chi connectivity index (χ2n) is 6.23. The molecule has 0 radical (unpaired) electrons. The van der Waals surface area contributed by atoms with Crippen LogP contribution in [-0.4, -0.2) is 49.7 Å². The van der Waals surface area contributed by atoms with Gasteiger partial charge in [-0.1, -0.05) is 6.92 Å². The molecule has 2 aliphatic rings. The quantitative estimate of drug-likeness (QED) is 0.845. The number of amides is 1. The summed E-state index contributed by atoms with van der Waals surface area (Å²) < 4.78 is 5.82. The first kappa shape index (κ1) is 14.8. The van der Waals surface area contributed by atoms with Crippen LogP contribution in [0.3, 0.4) is 0 Å². The maximum absolute atomic E-state index is 12.7. The lowest BCUT2D eigenvalue weighted by Gasteiger charge is -2.40. The smallest absolute Gasteiger partial charge is 0.229 e. The lowest BCUT2D eigenvalue weighted by Crippen LogP contribution is -2.53. The molecular weight excluding hydrogens is 240 g/mol. The van der Waals surface area contributed by atoms with Crippen molar-refractivity contribution in [3.63, 3.8) is 0 Å². The van der Waals surface area contributed by atoms with Gasteiger partial charge in [-0.15, -0.1) is 0 Å². The van der Waals surface area contributed by atoms with Crippen molar-refractivity contribution in [1.82, 2.24) is 10.2 Å². The summed E-state index contributed by atoms with van der Waals surface area (Å²) in [5.41, 5.74) is -0.203. The van der Waals surface area contributed by atoms with E-state index < -0.39 is 0 Å². The molecule has 0 aromatic rings. The van der Waals surface area contributed by atoms with E-state index in [9.17, 15) is 4.79 Å². The molecule has 19 heavy (non-hydrogen) atoms. The number of rotatable bonds is 4.